The lowest BCUT2D eigenvalue weighted by Crippen LogP contribution is -2.28. The Balaban J connectivity index is 1.75. The molecule has 0 aliphatic rings. The van der Waals surface area contributed by atoms with Crippen molar-refractivity contribution in [3.63, 3.8) is 0 Å². The van der Waals surface area contributed by atoms with E-state index in [-0.39, 0.29) is 18.0 Å². The summed E-state index contributed by atoms with van der Waals surface area (Å²) in [6, 6.07) is 12.8. The summed E-state index contributed by atoms with van der Waals surface area (Å²) < 4.78 is 25.2. The standard InChI is InChI=1S/C22H23FN2O4S/c1-22(2,27)14-29-19-9-8-17(10-20(19)28-3)25-21(26)11-18(12-24-25)30-13-15-4-6-16(23)7-5-15/h4-12,27H,13-14H2,1-3H3. The average Bonchev–Trinajstić information content (AvgIpc) is 2.71. The highest BCUT2D eigenvalue weighted by molar-refractivity contribution is 7.98. The van der Waals surface area contributed by atoms with Gasteiger partial charge in [-0.05, 0) is 43.7 Å². The van der Waals surface area contributed by atoms with Gasteiger partial charge in [-0.25, -0.2) is 4.39 Å². The lowest BCUT2D eigenvalue weighted by molar-refractivity contribution is 0.0276. The molecule has 0 atom stereocenters. The monoisotopic (exact) mass is 430 g/mol. The molecule has 0 saturated carbocycles. The molecule has 0 unspecified atom stereocenters. The van der Waals surface area contributed by atoms with Gasteiger partial charge < -0.3 is 14.6 Å². The summed E-state index contributed by atoms with van der Waals surface area (Å²) in [5.74, 6) is 1.22. The number of methoxy groups -OCH3 is 1. The number of hydrogen-bond donors (Lipinski definition) is 1. The second-order valence-electron chi connectivity index (χ2n) is 7.29. The van der Waals surface area contributed by atoms with E-state index in [9.17, 15) is 14.3 Å². The fraction of sp³-hybridized carbons (Fsp3) is 0.273. The molecule has 1 N–H and O–H groups in total. The molecule has 0 fully saturated rings. The Hall–Kier alpha value is -2.84. The molecule has 3 rings (SSSR count). The van der Waals surface area contributed by atoms with Crippen molar-refractivity contribution in [2.45, 2.75) is 30.1 Å². The summed E-state index contributed by atoms with van der Waals surface area (Å²) in [4.78, 5) is 13.3. The Labute approximate surface area is 178 Å². The molecule has 0 spiro atoms. The van der Waals surface area contributed by atoms with Crippen molar-refractivity contribution in [2.24, 2.45) is 0 Å². The summed E-state index contributed by atoms with van der Waals surface area (Å²) in [7, 11) is 1.50. The number of halogens is 1. The average molecular weight is 431 g/mol. The molecule has 0 radical (unpaired) electrons. The van der Waals surface area contributed by atoms with Gasteiger partial charge in [0, 0.05) is 22.8 Å². The van der Waals surface area contributed by atoms with Crippen molar-refractivity contribution in [3.8, 4) is 17.2 Å². The predicted molar refractivity (Wildman–Crippen MR) is 114 cm³/mol. The Bertz CT molecular complexity index is 1060. The Morgan fingerprint density at radius 2 is 1.87 bits per heavy atom. The minimum absolute atomic E-state index is 0.0981. The number of hydrogen-bond acceptors (Lipinski definition) is 6. The molecule has 0 bridgehead atoms. The first kappa shape index (κ1) is 21.9. The number of ether oxygens (including phenoxy) is 2. The SMILES string of the molecule is COc1cc(-n2ncc(SCc3ccc(F)cc3)cc2=O)ccc1OCC(C)(C)O. The maximum atomic E-state index is 13.0. The molecular weight excluding hydrogens is 407 g/mol. The molecule has 6 nitrogen and oxygen atoms in total. The van der Waals surface area contributed by atoms with Crippen LogP contribution in [0.2, 0.25) is 0 Å². The second-order valence-corrected chi connectivity index (χ2v) is 8.34. The van der Waals surface area contributed by atoms with Gasteiger partial charge in [-0.3, -0.25) is 4.79 Å². The van der Waals surface area contributed by atoms with Crippen molar-refractivity contribution < 1.29 is 19.0 Å². The molecule has 2 aromatic carbocycles. The third kappa shape index (κ3) is 5.84. The quantitative estimate of drug-likeness (QED) is 0.548. The van der Waals surface area contributed by atoms with Crippen LogP contribution in [0.25, 0.3) is 5.69 Å². The van der Waals surface area contributed by atoms with E-state index in [0.717, 1.165) is 10.5 Å². The summed E-state index contributed by atoms with van der Waals surface area (Å²) in [6.45, 7) is 3.39. The van der Waals surface area contributed by atoms with E-state index >= 15 is 0 Å². The molecular formula is C22H23FN2O4S. The Morgan fingerprint density at radius 1 is 1.13 bits per heavy atom. The molecule has 8 heteroatoms. The van der Waals surface area contributed by atoms with E-state index in [1.807, 2.05) is 0 Å². The number of nitrogens with zero attached hydrogens (tertiary/aromatic N) is 2. The van der Waals surface area contributed by atoms with Gasteiger partial charge in [0.15, 0.2) is 11.5 Å². The van der Waals surface area contributed by atoms with Crippen LogP contribution in [0.15, 0.2) is 64.4 Å². The van der Waals surface area contributed by atoms with Gasteiger partial charge in [0.05, 0.1) is 24.6 Å². The topological polar surface area (TPSA) is 73.6 Å². The first-order chi connectivity index (χ1) is 14.2. The molecule has 0 aliphatic heterocycles. The highest BCUT2D eigenvalue weighted by Gasteiger charge is 2.16. The van der Waals surface area contributed by atoms with Crippen molar-refractivity contribution in [1.82, 2.24) is 9.78 Å². The fourth-order valence-corrected chi connectivity index (χ4v) is 3.41. The van der Waals surface area contributed by atoms with Gasteiger partial charge in [-0.2, -0.15) is 9.78 Å². The Kier molecular flexibility index (Phi) is 6.79. The highest BCUT2D eigenvalue weighted by Crippen LogP contribution is 2.30. The van der Waals surface area contributed by atoms with E-state index in [0.29, 0.717) is 22.9 Å². The first-order valence-corrected chi connectivity index (χ1v) is 10.2. The molecule has 1 aromatic heterocycles. The van der Waals surface area contributed by atoms with Gasteiger partial charge in [-0.15, -0.1) is 11.8 Å². The van der Waals surface area contributed by atoms with Crippen LogP contribution in [0.5, 0.6) is 11.5 Å². The second kappa shape index (κ2) is 9.32. The molecule has 0 amide bonds. The zero-order valence-corrected chi connectivity index (χ0v) is 17.8. The molecule has 0 saturated heterocycles. The van der Waals surface area contributed by atoms with Crippen molar-refractivity contribution in [1.29, 1.82) is 0 Å². The maximum Gasteiger partial charge on any atom is 0.272 e. The van der Waals surface area contributed by atoms with E-state index < -0.39 is 5.60 Å². The van der Waals surface area contributed by atoms with Gasteiger partial charge in [0.1, 0.15) is 12.4 Å². The normalized spacial score (nSPS) is 11.4. The van der Waals surface area contributed by atoms with Crippen LogP contribution in [0.3, 0.4) is 0 Å². The van der Waals surface area contributed by atoms with E-state index in [1.165, 1.54) is 41.8 Å². The van der Waals surface area contributed by atoms with Crippen LogP contribution in [-0.4, -0.2) is 34.2 Å². The summed E-state index contributed by atoms with van der Waals surface area (Å²) in [5, 5.41) is 14.1. The van der Waals surface area contributed by atoms with Crippen molar-refractivity contribution in [2.75, 3.05) is 13.7 Å². The lowest BCUT2D eigenvalue weighted by atomic mass is 10.2. The molecule has 3 aromatic rings. The lowest BCUT2D eigenvalue weighted by Gasteiger charge is -2.19. The zero-order chi connectivity index (χ0) is 21.7. The minimum Gasteiger partial charge on any atom is -0.493 e. The van der Waals surface area contributed by atoms with Crippen molar-refractivity contribution in [3.05, 3.63) is 76.5 Å². The molecule has 1 heterocycles. The van der Waals surface area contributed by atoms with Crippen LogP contribution in [0.4, 0.5) is 4.39 Å². The van der Waals surface area contributed by atoms with Crippen LogP contribution in [0, 0.1) is 5.82 Å². The summed E-state index contributed by atoms with van der Waals surface area (Å²) in [6.07, 6.45) is 1.61. The number of aromatic nitrogens is 2. The third-order valence-electron chi connectivity index (χ3n) is 4.07. The van der Waals surface area contributed by atoms with Gasteiger partial charge >= 0.3 is 0 Å². The minimum atomic E-state index is -0.983. The van der Waals surface area contributed by atoms with Crippen LogP contribution >= 0.6 is 11.8 Å². The zero-order valence-electron chi connectivity index (χ0n) is 17.0. The van der Waals surface area contributed by atoms with E-state index in [1.54, 1.807) is 50.4 Å². The van der Waals surface area contributed by atoms with Gasteiger partial charge in [-0.1, -0.05) is 12.1 Å². The number of rotatable bonds is 8. The van der Waals surface area contributed by atoms with Gasteiger partial charge in [0.25, 0.3) is 5.56 Å². The van der Waals surface area contributed by atoms with Crippen LogP contribution in [0.1, 0.15) is 19.4 Å². The van der Waals surface area contributed by atoms with Gasteiger partial charge in [0.2, 0.25) is 0 Å². The molecule has 30 heavy (non-hydrogen) atoms. The summed E-state index contributed by atoms with van der Waals surface area (Å²) in [5.41, 5.74) is 0.217. The number of benzene rings is 2. The third-order valence-corrected chi connectivity index (χ3v) is 5.10. The fourth-order valence-electron chi connectivity index (χ4n) is 2.57. The number of aliphatic hydroxyl groups is 1. The number of thioether (sulfide) groups is 1. The smallest absolute Gasteiger partial charge is 0.272 e. The molecule has 0 aliphatic carbocycles. The highest BCUT2D eigenvalue weighted by atomic mass is 32.2. The van der Waals surface area contributed by atoms with Crippen molar-refractivity contribution >= 4 is 11.8 Å². The molecule has 158 valence electrons. The first-order valence-electron chi connectivity index (χ1n) is 9.25. The Morgan fingerprint density at radius 3 is 2.50 bits per heavy atom. The predicted octanol–water partition coefficient (Wildman–Crippen LogP) is 3.82. The van der Waals surface area contributed by atoms with E-state index in [2.05, 4.69) is 5.10 Å². The van der Waals surface area contributed by atoms with Crippen LogP contribution in [-0.2, 0) is 5.75 Å². The maximum absolute atomic E-state index is 13.0. The van der Waals surface area contributed by atoms with E-state index in [4.69, 9.17) is 9.47 Å². The summed E-state index contributed by atoms with van der Waals surface area (Å²) >= 11 is 1.45. The largest absolute Gasteiger partial charge is 0.493 e. The van der Waals surface area contributed by atoms with Crippen LogP contribution < -0.4 is 15.0 Å².